The topological polar surface area (TPSA) is 70.6 Å². The van der Waals surface area contributed by atoms with Gasteiger partial charge in [0.05, 0.1) is 0 Å². The third-order valence-electron chi connectivity index (χ3n) is 5.45. The summed E-state index contributed by atoms with van der Waals surface area (Å²) in [7, 11) is 0. The molecule has 2 saturated carbocycles. The molecule has 1 aromatic carbocycles. The van der Waals surface area contributed by atoms with Crippen LogP contribution >= 0.6 is 0 Å². The molecule has 1 atom stereocenters. The summed E-state index contributed by atoms with van der Waals surface area (Å²) in [5, 5.41) is 7.26. The fourth-order valence-electron chi connectivity index (χ4n) is 3.87. The molecule has 1 unspecified atom stereocenters. The quantitative estimate of drug-likeness (QED) is 0.781. The van der Waals surface area contributed by atoms with Crippen molar-refractivity contribution in [2.45, 2.75) is 64.7 Å². The minimum absolute atomic E-state index is 0.0970. The van der Waals surface area contributed by atoms with Crippen LogP contribution in [0.5, 0.6) is 0 Å². The van der Waals surface area contributed by atoms with Gasteiger partial charge in [0.2, 0.25) is 5.91 Å². The minimum atomic E-state index is -0.208. The molecule has 0 heterocycles. The molecule has 0 aromatic heterocycles. The Balaban J connectivity index is 1.52. The summed E-state index contributed by atoms with van der Waals surface area (Å²) in [6.45, 7) is 2.22. The molecule has 0 saturated heterocycles. The van der Waals surface area contributed by atoms with Crippen molar-refractivity contribution in [1.82, 2.24) is 5.43 Å². The summed E-state index contributed by atoms with van der Waals surface area (Å²) >= 11 is 0. The van der Waals surface area contributed by atoms with E-state index in [1.54, 1.807) is 24.3 Å². The molecular weight excluding hydrogens is 326 g/mol. The van der Waals surface area contributed by atoms with Crippen LogP contribution in [0.2, 0.25) is 0 Å². The molecule has 0 radical (unpaired) electrons. The predicted octanol–water partition coefficient (Wildman–Crippen LogP) is 4.50. The van der Waals surface area contributed by atoms with Crippen LogP contribution in [0.4, 0.5) is 5.69 Å². The SMILES string of the molecule is CC1CCC/C(=N/NC(=O)c2ccc(NC(=O)C3CCCCC3)cc2)C1. The Morgan fingerprint density at radius 2 is 1.73 bits per heavy atom. The van der Waals surface area contributed by atoms with E-state index in [1.807, 2.05) is 0 Å². The first-order chi connectivity index (χ1) is 12.6. The van der Waals surface area contributed by atoms with Crippen LogP contribution in [0.1, 0.15) is 75.1 Å². The van der Waals surface area contributed by atoms with Gasteiger partial charge in [-0.15, -0.1) is 0 Å². The first-order valence-corrected chi connectivity index (χ1v) is 9.88. The summed E-state index contributed by atoms with van der Waals surface area (Å²) in [5.74, 6) is 0.660. The summed E-state index contributed by atoms with van der Waals surface area (Å²) in [6.07, 6.45) is 9.78. The monoisotopic (exact) mass is 355 g/mol. The predicted molar refractivity (Wildman–Crippen MR) is 104 cm³/mol. The molecule has 2 amide bonds. The molecule has 2 aliphatic rings. The van der Waals surface area contributed by atoms with Crippen LogP contribution in [-0.4, -0.2) is 17.5 Å². The molecule has 0 bridgehead atoms. The largest absolute Gasteiger partial charge is 0.326 e. The molecule has 0 spiro atoms. The highest BCUT2D eigenvalue weighted by Crippen LogP contribution is 2.25. The van der Waals surface area contributed by atoms with Crippen molar-refractivity contribution >= 4 is 23.2 Å². The van der Waals surface area contributed by atoms with Crippen molar-refractivity contribution in [3.8, 4) is 0 Å². The Labute approximate surface area is 155 Å². The highest BCUT2D eigenvalue weighted by Gasteiger charge is 2.21. The average Bonchev–Trinajstić information content (AvgIpc) is 2.67. The zero-order valence-corrected chi connectivity index (χ0v) is 15.6. The van der Waals surface area contributed by atoms with Gasteiger partial charge in [-0.05, 0) is 68.7 Å². The van der Waals surface area contributed by atoms with Gasteiger partial charge < -0.3 is 5.32 Å². The van der Waals surface area contributed by atoms with Crippen molar-refractivity contribution in [3.63, 3.8) is 0 Å². The summed E-state index contributed by atoms with van der Waals surface area (Å²) in [4.78, 5) is 24.5. The van der Waals surface area contributed by atoms with Crippen LogP contribution < -0.4 is 10.7 Å². The molecule has 2 aliphatic carbocycles. The van der Waals surface area contributed by atoms with Gasteiger partial charge in [-0.3, -0.25) is 9.59 Å². The molecule has 2 N–H and O–H groups in total. The average molecular weight is 355 g/mol. The van der Waals surface area contributed by atoms with Crippen molar-refractivity contribution in [1.29, 1.82) is 0 Å². The highest BCUT2D eigenvalue weighted by molar-refractivity contribution is 5.97. The lowest BCUT2D eigenvalue weighted by molar-refractivity contribution is -0.120. The van der Waals surface area contributed by atoms with E-state index in [4.69, 9.17) is 0 Å². The normalized spacial score (nSPS) is 22.8. The minimum Gasteiger partial charge on any atom is -0.326 e. The standard InChI is InChI=1S/C21H29N3O2/c1-15-6-5-9-19(14-15)23-24-21(26)17-10-12-18(13-11-17)22-20(25)16-7-3-2-4-8-16/h10-13,15-16H,2-9,14H2,1H3,(H,22,25)(H,24,26)/b23-19-. The number of nitrogens with one attached hydrogen (secondary N) is 2. The van der Waals surface area contributed by atoms with Gasteiger partial charge in [-0.2, -0.15) is 5.10 Å². The second kappa shape index (κ2) is 8.97. The fourth-order valence-corrected chi connectivity index (χ4v) is 3.87. The molecule has 3 rings (SSSR count). The lowest BCUT2D eigenvalue weighted by Crippen LogP contribution is -2.25. The number of carbonyl (C=O) groups excluding carboxylic acids is 2. The molecule has 1 aromatic rings. The van der Waals surface area contributed by atoms with Crippen LogP contribution in [0, 0.1) is 11.8 Å². The third kappa shape index (κ3) is 5.16. The van der Waals surface area contributed by atoms with Crippen molar-refractivity contribution in [2.24, 2.45) is 16.9 Å². The maximum absolute atomic E-state index is 12.3. The van der Waals surface area contributed by atoms with E-state index in [0.29, 0.717) is 11.5 Å². The molecular formula is C21H29N3O2. The number of benzene rings is 1. The van der Waals surface area contributed by atoms with Gasteiger partial charge in [0.15, 0.2) is 0 Å². The first-order valence-electron chi connectivity index (χ1n) is 9.88. The maximum Gasteiger partial charge on any atom is 0.271 e. The summed E-state index contributed by atoms with van der Waals surface area (Å²) in [5.41, 5.74) is 5.03. The Morgan fingerprint density at radius 3 is 2.42 bits per heavy atom. The van der Waals surface area contributed by atoms with Crippen molar-refractivity contribution in [2.75, 3.05) is 5.32 Å². The Bertz CT molecular complexity index is 660. The lowest BCUT2D eigenvalue weighted by atomic mass is 9.88. The van der Waals surface area contributed by atoms with Gasteiger partial charge in [-0.1, -0.05) is 26.2 Å². The van der Waals surface area contributed by atoms with E-state index in [-0.39, 0.29) is 17.7 Å². The smallest absolute Gasteiger partial charge is 0.271 e. The second-order valence-electron chi connectivity index (χ2n) is 7.72. The number of hydrogen-bond acceptors (Lipinski definition) is 3. The summed E-state index contributed by atoms with van der Waals surface area (Å²) in [6, 6.07) is 7.03. The van der Waals surface area contributed by atoms with Gasteiger partial charge in [0, 0.05) is 22.9 Å². The fraction of sp³-hybridized carbons (Fsp3) is 0.571. The zero-order valence-electron chi connectivity index (χ0n) is 15.6. The maximum atomic E-state index is 12.3. The van der Waals surface area contributed by atoms with Crippen LogP contribution in [-0.2, 0) is 4.79 Å². The third-order valence-corrected chi connectivity index (χ3v) is 5.45. The number of rotatable bonds is 4. The highest BCUT2D eigenvalue weighted by atomic mass is 16.2. The second-order valence-corrected chi connectivity index (χ2v) is 7.72. The van der Waals surface area contributed by atoms with Crippen LogP contribution in [0.3, 0.4) is 0 Å². The van der Waals surface area contributed by atoms with Gasteiger partial charge in [0.1, 0.15) is 0 Å². The number of anilines is 1. The number of hydrazone groups is 1. The van der Waals surface area contributed by atoms with E-state index >= 15 is 0 Å². The number of hydrogen-bond donors (Lipinski definition) is 2. The van der Waals surface area contributed by atoms with E-state index in [1.165, 1.54) is 12.8 Å². The van der Waals surface area contributed by atoms with Crippen molar-refractivity contribution < 1.29 is 9.59 Å². The van der Waals surface area contributed by atoms with Crippen LogP contribution in [0.25, 0.3) is 0 Å². The van der Waals surface area contributed by atoms with Crippen molar-refractivity contribution in [3.05, 3.63) is 29.8 Å². The molecule has 5 nitrogen and oxygen atoms in total. The number of amides is 2. The molecule has 0 aliphatic heterocycles. The number of carbonyl (C=O) groups is 2. The summed E-state index contributed by atoms with van der Waals surface area (Å²) < 4.78 is 0. The first kappa shape index (κ1) is 18.6. The molecule has 2 fully saturated rings. The zero-order chi connectivity index (χ0) is 18.4. The van der Waals surface area contributed by atoms with E-state index in [9.17, 15) is 9.59 Å². The Kier molecular flexibility index (Phi) is 6.42. The Hall–Kier alpha value is -2.17. The van der Waals surface area contributed by atoms with Gasteiger partial charge in [-0.25, -0.2) is 5.43 Å². The van der Waals surface area contributed by atoms with Gasteiger partial charge >= 0.3 is 0 Å². The van der Waals surface area contributed by atoms with E-state index < -0.39 is 0 Å². The van der Waals surface area contributed by atoms with E-state index in [0.717, 1.165) is 56.3 Å². The number of nitrogens with zero attached hydrogens (tertiary/aromatic N) is 1. The Morgan fingerprint density at radius 1 is 1.00 bits per heavy atom. The van der Waals surface area contributed by atoms with Crippen LogP contribution in [0.15, 0.2) is 29.4 Å². The lowest BCUT2D eigenvalue weighted by Gasteiger charge is -2.20. The molecule has 26 heavy (non-hydrogen) atoms. The van der Waals surface area contributed by atoms with Gasteiger partial charge in [0.25, 0.3) is 5.91 Å². The van der Waals surface area contributed by atoms with E-state index in [2.05, 4.69) is 22.8 Å². The molecule has 140 valence electrons. The molecule has 5 heteroatoms.